The van der Waals surface area contributed by atoms with Crippen LogP contribution in [0.1, 0.15) is 11.3 Å². The van der Waals surface area contributed by atoms with Gasteiger partial charge < -0.3 is 14.6 Å². The molecular formula is C24H26Cl2N6O3. The Morgan fingerprint density at radius 2 is 1.69 bits per heavy atom. The second-order valence-electron chi connectivity index (χ2n) is 8.28. The first-order valence-corrected chi connectivity index (χ1v) is 11.7. The van der Waals surface area contributed by atoms with Gasteiger partial charge in [0.25, 0.3) is 11.5 Å². The van der Waals surface area contributed by atoms with E-state index >= 15 is 0 Å². The Bertz CT molecular complexity index is 1260. The third-order valence-electron chi connectivity index (χ3n) is 5.62. The molecule has 0 spiro atoms. The highest BCUT2D eigenvalue weighted by Crippen LogP contribution is 2.21. The number of nitrogens with zero attached hydrogens (tertiary/aromatic N) is 5. The van der Waals surface area contributed by atoms with Crippen LogP contribution in [0, 0.1) is 0 Å². The lowest BCUT2D eigenvalue weighted by Crippen LogP contribution is -2.47. The summed E-state index contributed by atoms with van der Waals surface area (Å²) in [5.74, 6) is 0.727. The van der Waals surface area contributed by atoms with E-state index in [4.69, 9.17) is 32.9 Å². The smallest absolute Gasteiger partial charge is 0.279 e. The van der Waals surface area contributed by atoms with Gasteiger partial charge in [0.2, 0.25) is 5.95 Å². The van der Waals surface area contributed by atoms with Crippen molar-refractivity contribution in [2.24, 2.45) is 0 Å². The number of nitrogens with one attached hydrogen (secondary N) is 1. The predicted octanol–water partition coefficient (Wildman–Crippen LogP) is 3.17. The van der Waals surface area contributed by atoms with Gasteiger partial charge in [-0.3, -0.25) is 20.0 Å². The van der Waals surface area contributed by atoms with Gasteiger partial charge in [-0.25, -0.2) is 4.98 Å². The Morgan fingerprint density at radius 1 is 1.06 bits per heavy atom. The number of carbonyl (C=O) groups excluding carboxylic acids is 1. The van der Waals surface area contributed by atoms with Crippen molar-refractivity contribution < 1.29 is 9.53 Å². The number of hydrazine groups is 1. The zero-order chi connectivity index (χ0) is 25.1. The number of benzene rings is 2. The van der Waals surface area contributed by atoms with Crippen LogP contribution in [0.2, 0.25) is 10.0 Å². The highest BCUT2D eigenvalue weighted by molar-refractivity contribution is 6.30. The molecule has 2 heterocycles. The van der Waals surface area contributed by atoms with Gasteiger partial charge in [-0.1, -0.05) is 23.2 Å². The topological polar surface area (TPSA) is 82.9 Å². The van der Waals surface area contributed by atoms with E-state index in [9.17, 15) is 9.59 Å². The Kier molecular flexibility index (Phi) is 7.37. The lowest BCUT2D eigenvalue weighted by molar-refractivity contribution is -0.134. The molecule has 0 atom stereocenters. The van der Waals surface area contributed by atoms with Crippen LogP contribution in [0.15, 0.2) is 53.3 Å². The van der Waals surface area contributed by atoms with Crippen molar-refractivity contribution in [3.63, 3.8) is 0 Å². The number of hydrogen-bond acceptors (Lipinski definition) is 7. The van der Waals surface area contributed by atoms with Crippen LogP contribution in [-0.4, -0.2) is 54.8 Å². The normalized spacial score (nSPS) is 12.7. The van der Waals surface area contributed by atoms with Gasteiger partial charge in [-0.2, -0.15) is 4.68 Å². The fraction of sp³-hybridized carbons (Fsp3) is 0.292. The molecule has 1 amide bonds. The zero-order valence-electron chi connectivity index (χ0n) is 19.7. The van der Waals surface area contributed by atoms with Crippen molar-refractivity contribution in [1.29, 1.82) is 0 Å². The number of halogens is 2. The number of carbonyl (C=O) groups is 1. The van der Waals surface area contributed by atoms with Crippen molar-refractivity contribution in [2.75, 3.05) is 49.7 Å². The van der Waals surface area contributed by atoms with Gasteiger partial charge in [0.15, 0.2) is 6.61 Å². The minimum absolute atomic E-state index is 0.127. The number of rotatable bonds is 7. The third-order valence-corrected chi connectivity index (χ3v) is 6.12. The van der Waals surface area contributed by atoms with Crippen LogP contribution in [-0.2, 0) is 17.8 Å². The van der Waals surface area contributed by atoms with Crippen molar-refractivity contribution in [2.45, 2.75) is 13.0 Å². The average Bonchev–Trinajstić information content (AvgIpc) is 2.83. The summed E-state index contributed by atoms with van der Waals surface area (Å²) in [7, 11) is 5.35. The van der Waals surface area contributed by atoms with Gasteiger partial charge in [-0.15, -0.1) is 0 Å². The summed E-state index contributed by atoms with van der Waals surface area (Å²) in [6, 6.07) is 14.1. The minimum Gasteiger partial charge on any atom is -0.484 e. The fourth-order valence-electron chi connectivity index (χ4n) is 3.77. The van der Waals surface area contributed by atoms with Crippen molar-refractivity contribution in [3.8, 4) is 5.75 Å². The molecule has 0 radical (unpaired) electrons. The fourth-order valence-corrected chi connectivity index (χ4v) is 4.02. The maximum atomic E-state index is 13.4. The molecule has 1 aliphatic rings. The number of aromatic nitrogens is 2. The molecule has 0 bridgehead atoms. The molecule has 1 aromatic heterocycles. The van der Waals surface area contributed by atoms with Crippen molar-refractivity contribution >= 4 is 40.7 Å². The Labute approximate surface area is 213 Å². The number of anilines is 2. The third kappa shape index (κ3) is 5.63. The number of fused-ring (bicyclic) bond motifs is 1. The molecule has 3 aromatic rings. The summed E-state index contributed by atoms with van der Waals surface area (Å²) in [4.78, 5) is 32.6. The average molecular weight is 517 g/mol. The monoisotopic (exact) mass is 516 g/mol. The van der Waals surface area contributed by atoms with E-state index in [-0.39, 0.29) is 24.6 Å². The van der Waals surface area contributed by atoms with E-state index in [2.05, 4.69) is 5.43 Å². The Hall–Kier alpha value is -3.43. The Balaban J connectivity index is 1.52. The molecule has 9 nitrogen and oxygen atoms in total. The van der Waals surface area contributed by atoms with Gasteiger partial charge >= 0.3 is 0 Å². The quantitative estimate of drug-likeness (QED) is 0.482. The summed E-state index contributed by atoms with van der Waals surface area (Å²) in [6.07, 6.45) is 0.463. The molecule has 0 saturated carbocycles. The van der Waals surface area contributed by atoms with Crippen LogP contribution in [0.3, 0.4) is 0 Å². The molecule has 1 aliphatic heterocycles. The summed E-state index contributed by atoms with van der Waals surface area (Å²) < 4.78 is 7.04. The molecule has 2 aromatic carbocycles. The lowest BCUT2D eigenvalue weighted by Gasteiger charge is -2.31. The molecule has 35 heavy (non-hydrogen) atoms. The van der Waals surface area contributed by atoms with Crippen LogP contribution in [0.25, 0.3) is 0 Å². The molecule has 11 heteroatoms. The maximum Gasteiger partial charge on any atom is 0.279 e. The van der Waals surface area contributed by atoms with E-state index in [1.807, 2.05) is 19.2 Å². The minimum atomic E-state index is -0.233. The van der Waals surface area contributed by atoms with Crippen LogP contribution in [0.4, 0.5) is 11.6 Å². The Morgan fingerprint density at radius 3 is 2.31 bits per heavy atom. The standard InChI is InChI=1S/C24H26Cl2N6O3/c1-29(2)32-23(34)20-14-31(22(33)15-35-19-10-6-17(26)7-11-19)13-12-21(20)27-24(32)28-30(3)18-8-4-16(25)5-9-18/h4-11H,12-15H2,1-3H3,(H,27,28). The van der Waals surface area contributed by atoms with Crippen molar-refractivity contribution in [1.82, 2.24) is 14.6 Å². The molecular weight excluding hydrogens is 491 g/mol. The van der Waals surface area contributed by atoms with Crippen LogP contribution < -0.4 is 25.7 Å². The molecule has 0 fully saturated rings. The van der Waals surface area contributed by atoms with Crippen LogP contribution >= 0.6 is 23.2 Å². The summed E-state index contributed by atoms with van der Waals surface area (Å²) in [5, 5.41) is 4.64. The van der Waals surface area contributed by atoms with Gasteiger partial charge in [0, 0.05) is 44.2 Å². The van der Waals surface area contributed by atoms with E-state index < -0.39 is 0 Å². The second-order valence-corrected chi connectivity index (χ2v) is 9.15. The number of amides is 1. The molecule has 4 rings (SSSR count). The molecule has 184 valence electrons. The lowest BCUT2D eigenvalue weighted by atomic mass is 10.1. The van der Waals surface area contributed by atoms with Crippen molar-refractivity contribution in [3.05, 3.63) is 80.2 Å². The molecule has 0 aliphatic carbocycles. The number of ether oxygens (including phenoxy) is 1. The van der Waals surface area contributed by atoms with E-state index in [0.29, 0.717) is 46.0 Å². The van der Waals surface area contributed by atoms with Crippen LogP contribution in [0.5, 0.6) is 5.75 Å². The SMILES string of the molecule is CN(Nc1nc2c(c(=O)n1N(C)C)CN(C(=O)COc1ccc(Cl)cc1)CC2)c1ccc(Cl)cc1. The van der Waals surface area contributed by atoms with E-state index in [1.165, 1.54) is 4.68 Å². The molecule has 0 unspecified atom stereocenters. The van der Waals surface area contributed by atoms with Gasteiger partial charge in [0.1, 0.15) is 5.75 Å². The van der Waals surface area contributed by atoms with Gasteiger partial charge in [0.05, 0.1) is 23.5 Å². The highest BCUT2D eigenvalue weighted by atomic mass is 35.5. The summed E-state index contributed by atoms with van der Waals surface area (Å²) in [6.45, 7) is 0.490. The second kappa shape index (κ2) is 10.5. The first kappa shape index (κ1) is 24.7. The first-order chi connectivity index (χ1) is 16.7. The summed E-state index contributed by atoms with van der Waals surface area (Å²) >= 11 is 11.9. The predicted molar refractivity (Wildman–Crippen MR) is 138 cm³/mol. The van der Waals surface area contributed by atoms with E-state index in [1.54, 1.807) is 65.4 Å². The first-order valence-electron chi connectivity index (χ1n) is 11.0. The summed E-state index contributed by atoms with van der Waals surface area (Å²) in [5.41, 5.74) is 4.96. The molecule has 1 N–H and O–H groups in total. The highest BCUT2D eigenvalue weighted by Gasteiger charge is 2.27. The maximum absolute atomic E-state index is 13.4. The zero-order valence-corrected chi connectivity index (χ0v) is 21.2. The number of hydrogen-bond donors (Lipinski definition) is 1. The van der Waals surface area contributed by atoms with Gasteiger partial charge in [-0.05, 0) is 48.5 Å². The van der Waals surface area contributed by atoms with E-state index in [0.717, 1.165) is 5.69 Å². The largest absolute Gasteiger partial charge is 0.484 e. The molecule has 0 saturated heterocycles.